The molecule has 6 nitrogen and oxygen atoms in total. The first kappa shape index (κ1) is 13.7. The number of aromatic nitrogens is 3. The molecule has 1 rings (SSSR count). The van der Waals surface area contributed by atoms with Crippen molar-refractivity contribution < 1.29 is 0 Å². The van der Waals surface area contributed by atoms with E-state index >= 15 is 0 Å². The van der Waals surface area contributed by atoms with Crippen LogP contribution in [0.1, 0.15) is 6.92 Å². The number of nitrogens with zero attached hydrogens (tertiary/aromatic N) is 3. The molecule has 1 aromatic rings. The van der Waals surface area contributed by atoms with E-state index in [0.717, 1.165) is 13.7 Å². The van der Waals surface area contributed by atoms with E-state index in [1.165, 1.54) is 18.4 Å². The minimum Gasteiger partial charge on any atom is -0.247 e. The summed E-state index contributed by atoms with van der Waals surface area (Å²) in [5.74, 6) is 0. The second kappa shape index (κ2) is 5.81. The Morgan fingerprint density at radius 2 is 1.39 bits per heavy atom. The molecule has 0 saturated heterocycles. The minimum atomic E-state index is -0.677. The van der Waals surface area contributed by atoms with Crippen molar-refractivity contribution >= 4 is 6.20 Å². The van der Waals surface area contributed by atoms with Gasteiger partial charge in [0.2, 0.25) is 0 Å². The molecule has 0 aliphatic heterocycles. The van der Waals surface area contributed by atoms with Crippen LogP contribution in [0.3, 0.4) is 0 Å². The summed E-state index contributed by atoms with van der Waals surface area (Å²) in [4.78, 5) is 35.8. The molecule has 0 aromatic carbocycles. The van der Waals surface area contributed by atoms with Crippen LogP contribution in [0.25, 0.3) is 6.20 Å². The maximum Gasteiger partial charge on any atom is 0.340 e. The Kier molecular flexibility index (Phi) is 4.42. The first-order valence-corrected chi connectivity index (χ1v) is 5.39. The van der Waals surface area contributed by atoms with Crippen LogP contribution >= 0.6 is 0 Å². The van der Waals surface area contributed by atoms with Crippen LogP contribution in [0.15, 0.2) is 45.8 Å². The maximum atomic E-state index is 11.9. The third-order valence-corrected chi connectivity index (χ3v) is 2.26. The molecule has 0 radical (unpaired) electrons. The fourth-order valence-electron chi connectivity index (χ4n) is 1.50. The number of allylic oxidation sites excluding steroid dienone is 3. The van der Waals surface area contributed by atoms with Gasteiger partial charge in [0.1, 0.15) is 0 Å². The van der Waals surface area contributed by atoms with Gasteiger partial charge in [0.15, 0.2) is 0 Å². The fraction of sp³-hybridized carbons (Fsp3) is 0.250. The highest BCUT2D eigenvalue weighted by atomic mass is 16.2. The van der Waals surface area contributed by atoms with Gasteiger partial charge in [0.25, 0.3) is 0 Å². The van der Waals surface area contributed by atoms with Crippen molar-refractivity contribution in [2.24, 2.45) is 0 Å². The van der Waals surface area contributed by atoms with Gasteiger partial charge >= 0.3 is 17.1 Å². The van der Waals surface area contributed by atoms with Crippen molar-refractivity contribution in [1.29, 1.82) is 0 Å². The lowest BCUT2D eigenvalue weighted by atomic mass is 10.5. The van der Waals surface area contributed by atoms with Crippen molar-refractivity contribution in [3.8, 4) is 0 Å². The molecule has 0 N–H and O–H groups in total. The van der Waals surface area contributed by atoms with E-state index in [-0.39, 0.29) is 13.1 Å². The van der Waals surface area contributed by atoms with Gasteiger partial charge in [0, 0.05) is 6.20 Å². The zero-order valence-electron chi connectivity index (χ0n) is 10.2. The monoisotopic (exact) mass is 249 g/mol. The van der Waals surface area contributed by atoms with Crippen molar-refractivity contribution in [2.45, 2.75) is 20.0 Å². The Morgan fingerprint density at radius 1 is 0.944 bits per heavy atom. The van der Waals surface area contributed by atoms with Crippen LogP contribution in [0.4, 0.5) is 0 Å². The smallest absolute Gasteiger partial charge is 0.247 e. The van der Waals surface area contributed by atoms with Gasteiger partial charge < -0.3 is 0 Å². The second-order valence-corrected chi connectivity index (χ2v) is 3.50. The lowest BCUT2D eigenvalue weighted by Crippen LogP contribution is -2.53. The first-order chi connectivity index (χ1) is 8.58. The predicted molar refractivity (Wildman–Crippen MR) is 70.6 cm³/mol. The highest BCUT2D eigenvalue weighted by molar-refractivity contribution is 5.19. The molecule has 96 valence electrons. The number of rotatable bonds is 5. The summed E-state index contributed by atoms with van der Waals surface area (Å²) >= 11 is 0. The van der Waals surface area contributed by atoms with Gasteiger partial charge in [-0.05, 0) is 6.92 Å². The normalized spacial score (nSPS) is 10.7. The summed E-state index contributed by atoms with van der Waals surface area (Å²) in [7, 11) is 0. The predicted octanol–water partition coefficient (Wildman–Crippen LogP) is 0.0343. The zero-order chi connectivity index (χ0) is 13.7. The molecule has 0 bridgehead atoms. The summed E-state index contributed by atoms with van der Waals surface area (Å²) in [5, 5.41) is 0. The Morgan fingerprint density at radius 3 is 1.72 bits per heavy atom. The standard InChI is InChI=1S/C12H15N3O3/c1-4-7-13-10(16)14(8-5-2)12(18)15(9-6-3)11(13)17/h4-6,9H,1-2,7-8H2,3H3/b9-6-. The zero-order valence-corrected chi connectivity index (χ0v) is 10.2. The largest absolute Gasteiger partial charge is 0.340 e. The topological polar surface area (TPSA) is 66.0 Å². The molecule has 0 unspecified atom stereocenters. The highest BCUT2D eigenvalue weighted by Crippen LogP contribution is 1.80. The lowest BCUT2D eigenvalue weighted by molar-refractivity contribution is 0.548. The van der Waals surface area contributed by atoms with E-state index in [9.17, 15) is 14.4 Å². The van der Waals surface area contributed by atoms with E-state index in [2.05, 4.69) is 13.2 Å². The van der Waals surface area contributed by atoms with Gasteiger partial charge in [-0.3, -0.25) is 0 Å². The molecule has 18 heavy (non-hydrogen) atoms. The van der Waals surface area contributed by atoms with E-state index in [0.29, 0.717) is 0 Å². The van der Waals surface area contributed by atoms with Crippen LogP contribution < -0.4 is 17.1 Å². The molecule has 0 atom stereocenters. The molecule has 6 heteroatoms. The van der Waals surface area contributed by atoms with E-state index in [1.54, 1.807) is 13.0 Å². The molecule has 0 saturated carbocycles. The third-order valence-electron chi connectivity index (χ3n) is 2.26. The molecule has 1 aromatic heterocycles. The minimum absolute atomic E-state index is 0.0483. The van der Waals surface area contributed by atoms with Gasteiger partial charge in [-0.25, -0.2) is 28.1 Å². The van der Waals surface area contributed by atoms with E-state index in [4.69, 9.17) is 0 Å². The SMILES string of the molecule is C=CCn1c(=O)n(/C=C\C)c(=O)n(CC=C)c1=O. The van der Waals surface area contributed by atoms with Gasteiger partial charge in [0.05, 0.1) is 13.1 Å². The average molecular weight is 249 g/mol. The average Bonchev–Trinajstić information content (AvgIpc) is 2.35. The second-order valence-electron chi connectivity index (χ2n) is 3.50. The quantitative estimate of drug-likeness (QED) is 0.692. The van der Waals surface area contributed by atoms with Crippen molar-refractivity contribution in [1.82, 2.24) is 13.7 Å². The van der Waals surface area contributed by atoms with Crippen LogP contribution in [0.5, 0.6) is 0 Å². The molecular weight excluding hydrogens is 234 g/mol. The fourth-order valence-corrected chi connectivity index (χ4v) is 1.50. The molecule has 1 heterocycles. The summed E-state index contributed by atoms with van der Waals surface area (Å²) in [6.07, 6.45) is 5.71. The summed E-state index contributed by atoms with van der Waals surface area (Å²) in [6.45, 7) is 8.73. The van der Waals surface area contributed by atoms with Gasteiger partial charge in [-0.1, -0.05) is 18.2 Å². The Hall–Kier alpha value is -2.37. The molecule has 0 aliphatic rings. The Bertz CT molecular complexity index is 610. The summed E-state index contributed by atoms with van der Waals surface area (Å²) in [5.41, 5.74) is -2.02. The van der Waals surface area contributed by atoms with E-state index < -0.39 is 17.1 Å². The molecule has 0 spiro atoms. The van der Waals surface area contributed by atoms with Crippen molar-refractivity contribution in [3.05, 3.63) is 62.8 Å². The molecule has 0 aliphatic carbocycles. The maximum absolute atomic E-state index is 11.9. The van der Waals surface area contributed by atoms with Gasteiger partial charge in [-0.2, -0.15) is 0 Å². The Labute approximate surface area is 103 Å². The van der Waals surface area contributed by atoms with Crippen LogP contribution in [0, 0.1) is 0 Å². The summed E-state index contributed by atoms with van der Waals surface area (Å²) in [6, 6.07) is 0. The molecular formula is C12H15N3O3. The highest BCUT2D eigenvalue weighted by Gasteiger charge is 2.11. The first-order valence-electron chi connectivity index (χ1n) is 5.39. The lowest BCUT2D eigenvalue weighted by Gasteiger charge is -2.09. The number of hydrogen-bond donors (Lipinski definition) is 0. The van der Waals surface area contributed by atoms with E-state index in [1.807, 2.05) is 0 Å². The van der Waals surface area contributed by atoms with Crippen LogP contribution in [-0.4, -0.2) is 13.7 Å². The number of hydrogen-bond acceptors (Lipinski definition) is 3. The summed E-state index contributed by atoms with van der Waals surface area (Å²) < 4.78 is 2.77. The third kappa shape index (κ3) is 2.32. The van der Waals surface area contributed by atoms with Crippen LogP contribution in [-0.2, 0) is 13.1 Å². The Balaban J connectivity index is 3.81. The van der Waals surface area contributed by atoms with Crippen molar-refractivity contribution in [2.75, 3.05) is 0 Å². The van der Waals surface area contributed by atoms with Crippen LogP contribution in [0.2, 0.25) is 0 Å². The van der Waals surface area contributed by atoms with Gasteiger partial charge in [-0.15, -0.1) is 13.2 Å². The molecule has 0 fully saturated rings. The van der Waals surface area contributed by atoms with Crippen molar-refractivity contribution in [3.63, 3.8) is 0 Å². The molecule has 0 amide bonds.